The van der Waals surface area contributed by atoms with Gasteiger partial charge >= 0.3 is 0 Å². The molecular weight excluding hydrogens is 262 g/mol. The first-order valence-corrected chi connectivity index (χ1v) is 6.81. The molecule has 0 aromatic heterocycles. The minimum atomic E-state index is -0.0934. The first-order chi connectivity index (χ1) is 10.2. The molecule has 0 atom stereocenters. The number of amides is 1. The van der Waals surface area contributed by atoms with Crippen LogP contribution in [0.4, 0.5) is 5.69 Å². The SMILES string of the molecule is CC(=O)Nc1cc2c(c(-c3ccccc3)c1)CN(C#N)C2. The van der Waals surface area contributed by atoms with Gasteiger partial charge in [0.15, 0.2) is 6.19 Å². The zero-order valence-electron chi connectivity index (χ0n) is 11.8. The van der Waals surface area contributed by atoms with E-state index in [-0.39, 0.29) is 5.91 Å². The normalized spacial score (nSPS) is 12.7. The second-order valence-electron chi connectivity index (χ2n) is 5.16. The number of rotatable bonds is 2. The molecule has 2 aromatic rings. The van der Waals surface area contributed by atoms with Gasteiger partial charge in [0.1, 0.15) is 0 Å². The summed E-state index contributed by atoms with van der Waals surface area (Å²) in [6, 6.07) is 14.0. The molecule has 104 valence electrons. The molecule has 4 nitrogen and oxygen atoms in total. The van der Waals surface area contributed by atoms with Gasteiger partial charge in [0.2, 0.25) is 5.91 Å². The Morgan fingerprint density at radius 2 is 2.00 bits per heavy atom. The molecule has 1 N–H and O–H groups in total. The Kier molecular flexibility index (Phi) is 3.33. The van der Waals surface area contributed by atoms with Gasteiger partial charge in [-0.1, -0.05) is 30.3 Å². The van der Waals surface area contributed by atoms with Crippen LogP contribution < -0.4 is 5.32 Å². The zero-order chi connectivity index (χ0) is 14.8. The molecule has 0 unspecified atom stereocenters. The van der Waals surface area contributed by atoms with Gasteiger partial charge in [-0.2, -0.15) is 5.26 Å². The lowest BCUT2D eigenvalue weighted by Gasteiger charge is -2.12. The summed E-state index contributed by atoms with van der Waals surface area (Å²) in [6.45, 7) is 2.71. The fourth-order valence-corrected chi connectivity index (χ4v) is 2.73. The summed E-state index contributed by atoms with van der Waals surface area (Å²) in [5, 5.41) is 12.0. The number of hydrogen-bond donors (Lipinski definition) is 1. The summed E-state index contributed by atoms with van der Waals surface area (Å²) in [5.41, 5.74) is 5.22. The average Bonchev–Trinajstić information content (AvgIpc) is 2.89. The smallest absolute Gasteiger partial charge is 0.221 e. The lowest BCUT2D eigenvalue weighted by atomic mass is 9.96. The average molecular weight is 277 g/mol. The molecule has 0 spiro atoms. The van der Waals surface area contributed by atoms with Crippen LogP contribution in [0.1, 0.15) is 18.1 Å². The Morgan fingerprint density at radius 3 is 2.67 bits per heavy atom. The topological polar surface area (TPSA) is 56.1 Å². The van der Waals surface area contributed by atoms with Crippen LogP contribution in [0.25, 0.3) is 11.1 Å². The van der Waals surface area contributed by atoms with Gasteiger partial charge in [-0.3, -0.25) is 4.79 Å². The van der Waals surface area contributed by atoms with Crippen molar-refractivity contribution in [3.05, 3.63) is 53.6 Å². The maximum atomic E-state index is 11.3. The molecule has 0 saturated heterocycles. The van der Waals surface area contributed by atoms with E-state index in [0.717, 1.165) is 27.9 Å². The summed E-state index contributed by atoms with van der Waals surface area (Å²) in [4.78, 5) is 13.0. The van der Waals surface area contributed by atoms with Crippen LogP contribution in [0.5, 0.6) is 0 Å². The number of nitrogens with zero attached hydrogens (tertiary/aromatic N) is 2. The first kappa shape index (κ1) is 13.2. The van der Waals surface area contributed by atoms with Crippen molar-refractivity contribution in [2.45, 2.75) is 20.0 Å². The van der Waals surface area contributed by atoms with E-state index in [1.54, 1.807) is 4.90 Å². The highest BCUT2D eigenvalue weighted by molar-refractivity contribution is 5.90. The van der Waals surface area contributed by atoms with Gasteiger partial charge in [0.25, 0.3) is 0 Å². The number of anilines is 1. The summed E-state index contributed by atoms with van der Waals surface area (Å²) in [5.74, 6) is -0.0934. The zero-order valence-corrected chi connectivity index (χ0v) is 11.8. The van der Waals surface area contributed by atoms with E-state index >= 15 is 0 Å². The van der Waals surface area contributed by atoms with E-state index in [1.165, 1.54) is 6.92 Å². The van der Waals surface area contributed by atoms with Crippen molar-refractivity contribution in [2.24, 2.45) is 0 Å². The van der Waals surface area contributed by atoms with E-state index in [1.807, 2.05) is 42.5 Å². The van der Waals surface area contributed by atoms with Crippen molar-refractivity contribution in [3.8, 4) is 17.3 Å². The molecule has 1 aliphatic rings. The van der Waals surface area contributed by atoms with Crippen molar-refractivity contribution >= 4 is 11.6 Å². The third-order valence-electron chi connectivity index (χ3n) is 3.60. The maximum absolute atomic E-state index is 11.3. The highest BCUT2D eigenvalue weighted by Crippen LogP contribution is 2.35. The number of nitrogens with one attached hydrogen (secondary N) is 1. The van der Waals surface area contributed by atoms with Gasteiger partial charge < -0.3 is 10.2 Å². The number of fused-ring (bicyclic) bond motifs is 1. The van der Waals surface area contributed by atoms with Crippen molar-refractivity contribution in [1.29, 1.82) is 5.26 Å². The van der Waals surface area contributed by atoms with Gasteiger partial charge in [0.05, 0.1) is 13.1 Å². The van der Waals surface area contributed by atoms with Crippen LogP contribution >= 0.6 is 0 Å². The van der Waals surface area contributed by atoms with Crippen LogP contribution in [-0.4, -0.2) is 10.8 Å². The van der Waals surface area contributed by atoms with Crippen LogP contribution in [0.2, 0.25) is 0 Å². The van der Waals surface area contributed by atoms with Gasteiger partial charge in [-0.25, -0.2) is 0 Å². The molecule has 0 fully saturated rings. The minimum Gasteiger partial charge on any atom is -0.326 e. The molecular formula is C17H15N3O. The molecule has 1 heterocycles. The quantitative estimate of drug-likeness (QED) is 0.858. The second-order valence-corrected chi connectivity index (χ2v) is 5.16. The van der Waals surface area contributed by atoms with Crippen molar-refractivity contribution in [3.63, 3.8) is 0 Å². The highest BCUT2D eigenvalue weighted by atomic mass is 16.1. The summed E-state index contributed by atoms with van der Waals surface area (Å²) >= 11 is 0. The molecule has 1 aliphatic heterocycles. The van der Waals surface area contributed by atoms with Crippen LogP contribution in [0.15, 0.2) is 42.5 Å². The van der Waals surface area contributed by atoms with Crippen LogP contribution in [-0.2, 0) is 17.9 Å². The van der Waals surface area contributed by atoms with Gasteiger partial charge in [-0.15, -0.1) is 0 Å². The van der Waals surface area contributed by atoms with Crippen molar-refractivity contribution in [1.82, 2.24) is 4.90 Å². The summed E-state index contributed by atoms with van der Waals surface area (Å²) in [6.07, 6.45) is 2.20. The third kappa shape index (κ3) is 2.59. The molecule has 0 bridgehead atoms. The van der Waals surface area contributed by atoms with Crippen LogP contribution in [0.3, 0.4) is 0 Å². The van der Waals surface area contributed by atoms with E-state index in [9.17, 15) is 4.79 Å². The first-order valence-electron chi connectivity index (χ1n) is 6.81. The molecule has 4 heteroatoms. The molecule has 1 amide bonds. The monoisotopic (exact) mass is 277 g/mol. The third-order valence-corrected chi connectivity index (χ3v) is 3.60. The predicted molar refractivity (Wildman–Crippen MR) is 81.0 cm³/mol. The van der Waals surface area contributed by atoms with E-state index in [4.69, 9.17) is 5.26 Å². The standard InChI is InChI=1S/C17H15N3O/c1-12(21)19-15-7-14-9-20(11-18)10-17(14)16(8-15)13-5-3-2-4-6-13/h2-8H,9-10H2,1H3,(H,19,21). The molecule has 0 radical (unpaired) electrons. The highest BCUT2D eigenvalue weighted by Gasteiger charge is 2.22. The van der Waals surface area contributed by atoms with Crippen molar-refractivity contribution < 1.29 is 4.79 Å². The van der Waals surface area contributed by atoms with Crippen LogP contribution in [0, 0.1) is 11.5 Å². The Labute approximate surface area is 123 Å². The fourth-order valence-electron chi connectivity index (χ4n) is 2.73. The van der Waals surface area contributed by atoms with E-state index in [0.29, 0.717) is 13.1 Å². The largest absolute Gasteiger partial charge is 0.326 e. The molecule has 2 aromatic carbocycles. The Morgan fingerprint density at radius 1 is 1.24 bits per heavy atom. The predicted octanol–water partition coefficient (Wildman–Crippen LogP) is 3.11. The number of nitriles is 1. The van der Waals surface area contributed by atoms with Gasteiger partial charge in [0, 0.05) is 12.6 Å². The maximum Gasteiger partial charge on any atom is 0.221 e. The molecule has 0 saturated carbocycles. The second kappa shape index (κ2) is 5.29. The minimum absolute atomic E-state index is 0.0934. The number of hydrogen-bond acceptors (Lipinski definition) is 3. The molecule has 0 aliphatic carbocycles. The summed E-state index contributed by atoms with van der Waals surface area (Å²) in [7, 11) is 0. The lowest BCUT2D eigenvalue weighted by molar-refractivity contribution is -0.114. The Hall–Kier alpha value is -2.80. The number of carbonyl (C=O) groups is 1. The van der Waals surface area contributed by atoms with E-state index in [2.05, 4.69) is 11.5 Å². The molecule has 21 heavy (non-hydrogen) atoms. The Balaban J connectivity index is 2.12. The van der Waals surface area contributed by atoms with E-state index < -0.39 is 0 Å². The Bertz CT molecular complexity index is 732. The number of benzene rings is 2. The summed E-state index contributed by atoms with van der Waals surface area (Å²) < 4.78 is 0. The lowest BCUT2D eigenvalue weighted by Crippen LogP contribution is -2.07. The van der Waals surface area contributed by atoms with Crippen molar-refractivity contribution in [2.75, 3.05) is 5.32 Å². The van der Waals surface area contributed by atoms with Gasteiger partial charge in [-0.05, 0) is 34.4 Å². The molecule has 3 rings (SSSR count). The fraction of sp³-hybridized carbons (Fsp3) is 0.176. The number of carbonyl (C=O) groups excluding carboxylic acids is 1.